The number of carbonyl (C=O) groups is 3. The van der Waals surface area contributed by atoms with E-state index in [4.69, 9.17) is 14.2 Å². The standard InChI is InChI=1S/C73H122O6/c1-4-7-10-13-16-19-21-23-25-27-28-29-30-31-32-33-34-35-36-37-38-39-40-41-42-43-44-46-47-49-51-54-57-60-63-66-72(75)78-69-70(68-77-71(74)65-62-59-56-53-18-15-12-9-6-3)79-73(76)67-64-61-58-55-52-50-48-45-26-24-22-20-17-14-11-8-5-2/h7-8,10-11,16-17,19-20,23-26,28-29,31-32,48,50,55,58,70H,4-6,9,12-15,18,21-22,27,30,33-47,49,51-54,56-57,59-69H2,1-3H3/b10-7-,11-8-,19-16-,20-17-,25-23-,26-24-,29-28-,32-31-,50-48-,58-55-. The molecule has 0 saturated heterocycles. The third-order valence-electron chi connectivity index (χ3n) is 14.0. The van der Waals surface area contributed by atoms with Crippen LogP contribution in [0.15, 0.2) is 122 Å². The van der Waals surface area contributed by atoms with E-state index in [-0.39, 0.29) is 37.5 Å². The Bertz CT molecular complexity index is 1640. The maximum absolute atomic E-state index is 12.8. The number of unbranched alkanes of at least 4 members (excludes halogenated alkanes) is 28. The molecule has 450 valence electrons. The van der Waals surface area contributed by atoms with Gasteiger partial charge in [-0.1, -0.05) is 303 Å². The summed E-state index contributed by atoms with van der Waals surface area (Å²) in [4.78, 5) is 38.1. The monoisotopic (exact) mass is 1090 g/mol. The Morgan fingerprint density at radius 2 is 0.506 bits per heavy atom. The van der Waals surface area contributed by atoms with Crippen molar-refractivity contribution in [2.24, 2.45) is 0 Å². The van der Waals surface area contributed by atoms with Crippen LogP contribution >= 0.6 is 0 Å². The SMILES string of the molecule is CC/C=C\C/C=C\C/C=C\C/C=C\C/C=C\CCCCCCCCCCCCCCCCCCCCCC(=O)OCC(COC(=O)CCCCCCCCCCC)OC(=O)CCC/C=C\C/C=C\C/C=C\C/C=C\C/C=C\CC. The lowest BCUT2D eigenvalue weighted by molar-refractivity contribution is -0.167. The maximum Gasteiger partial charge on any atom is 0.306 e. The van der Waals surface area contributed by atoms with Crippen LogP contribution in [0.3, 0.4) is 0 Å². The minimum atomic E-state index is -0.806. The number of carbonyl (C=O) groups excluding carboxylic acids is 3. The second-order valence-electron chi connectivity index (χ2n) is 21.6. The molecule has 79 heavy (non-hydrogen) atoms. The molecule has 0 aromatic carbocycles. The zero-order chi connectivity index (χ0) is 57.1. The van der Waals surface area contributed by atoms with Gasteiger partial charge in [0.2, 0.25) is 0 Å². The van der Waals surface area contributed by atoms with Crippen molar-refractivity contribution in [3.05, 3.63) is 122 Å². The summed E-state index contributed by atoms with van der Waals surface area (Å²) in [5.41, 5.74) is 0. The van der Waals surface area contributed by atoms with Crippen LogP contribution in [0.2, 0.25) is 0 Å². The molecular formula is C73H122O6. The first kappa shape index (κ1) is 74.8. The van der Waals surface area contributed by atoms with E-state index in [0.717, 1.165) is 109 Å². The summed E-state index contributed by atoms with van der Waals surface area (Å²) in [5, 5.41) is 0. The topological polar surface area (TPSA) is 78.9 Å². The van der Waals surface area contributed by atoms with Crippen LogP contribution in [0.25, 0.3) is 0 Å². The summed E-state index contributed by atoms with van der Waals surface area (Å²) in [5.74, 6) is -0.953. The highest BCUT2D eigenvalue weighted by Crippen LogP contribution is 2.17. The van der Waals surface area contributed by atoms with Gasteiger partial charge in [0.25, 0.3) is 0 Å². The van der Waals surface area contributed by atoms with Gasteiger partial charge >= 0.3 is 17.9 Å². The molecule has 0 aliphatic rings. The number of esters is 3. The van der Waals surface area contributed by atoms with Gasteiger partial charge in [-0.15, -0.1) is 0 Å². The summed E-state index contributed by atoms with van der Waals surface area (Å²) in [6.07, 6.45) is 92.5. The molecule has 0 fully saturated rings. The first-order valence-electron chi connectivity index (χ1n) is 33.0. The normalized spacial score (nSPS) is 12.9. The Balaban J connectivity index is 4.10. The van der Waals surface area contributed by atoms with E-state index in [1.165, 1.54) is 148 Å². The fraction of sp³-hybridized carbons (Fsp3) is 0.685. The highest BCUT2D eigenvalue weighted by atomic mass is 16.6. The summed E-state index contributed by atoms with van der Waals surface area (Å²) in [7, 11) is 0. The zero-order valence-electron chi connectivity index (χ0n) is 51.6. The molecule has 6 nitrogen and oxygen atoms in total. The van der Waals surface area contributed by atoms with Crippen molar-refractivity contribution < 1.29 is 28.6 Å². The molecule has 0 heterocycles. The fourth-order valence-electron chi connectivity index (χ4n) is 9.10. The summed E-state index contributed by atoms with van der Waals surface area (Å²) in [6.45, 7) is 6.36. The van der Waals surface area contributed by atoms with Gasteiger partial charge in [-0.3, -0.25) is 14.4 Å². The predicted octanol–water partition coefficient (Wildman–Crippen LogP) is 22.8. The average molecular weight is 1100 g/mol. The van der Waals surface area contributed by atoms with Crippen molar-refractivity contribution in [1.82, 2.24) is 0 Å². The van der Waals surface area contributed by atoms with Gasteiger partial charge in [-0.2, -0.15) is 0 Å². The number of hydrogen-bond acceptors (Lipinski definition) is 6. The second kappa shape index (κ2) is 66.3. The van der Waals surface area contributed by atoms with Gasteiger partial charge in [0.15, 0.2) is 6.10 Å². The molecule has 0 aliphatic heterocycles. The zero-order valence-corrected chi connectivity index (χ0v) is 51.6. The minimum absolute atomic E-state index is 0.0982. The lowest BCUT2D eigenvalue weighted by Crippen LogP contribution is -2.30. The summed E-state index contributed by atoms with van der Waals surface area (Å²) < 4.78 is 16.8. The molecular weight excluding hydrogens is 973 g/mol. The number of allylic oxidation sites excluding steroid dienone is 20. The van der Waals surface area contributed by atoms with E-state index < -0.39 is 6.10 Å². The third kappa shape index (κ3) is 64.5. The highest BCUT2D eigenvalue weighted by Gasteiger charge is 2.19. The van der Waals surface area contributed by atoms with Crippen LogP contribution in [-0.4, -0.2) is 37.2 Å². The Morgan fingerprint density at radius 1 is 0.266 bits per heavy atom. The van der Waals surface area contributed by atoms with Crippen LogP contribution < -0.4 is 0 Å². The fourth-order valence-corrected chi connectivity index (χ4v) is 9.10. The molecule has 1 atom stereocenters. The molecule has 0 radical (unpaired) electrons. The predicted molar refractivity (Wildman–Crippen MR) is 343 cm³/mol. The Hall–Kier alpha value is -4.19. The second-order valence-corrected chi connectivity index (χ2v) is 21.6. The molecule has 0 spiro atoms. The van der Waals surface area contributed by atoms with Crippen LogP contribution in [-0.2, 0) is 28.6 Å². The molecule has 0 amide bonds. The van der Waals surface area contributed by atoms with E-state index in [2.05, 4.69) is 142 Å². The van der Waals surface area contributed by atoms with Crippen LogP contribution in [0.4, 0.5) is 0 Å². The Labute approximate surface area is 488 Å². The van der Waals surface area contributed by atoms with Crippen molar-refractivity contribution in [3.63, 3.8) is 0 Å². The third-order valence-corrected chi connectivity index (χ3v) is 14.0. The molecule has 0 bridgehead atoms. The Kier molecular flexibility index (Phi) is 62.8. The molecule has 0 saturated carbocycles. The van der Waals surface area contributed by atoms with Crippen LogP contribution in [0.5, 0.6) is 0 Å². The van der Waals surface area contributed by atoms with Crippen molar-refractivity contribution >= 4 is 17.9 Å². The van der Waals surface area contributed by atoms with Crippen LogP contribution in [0, 0.1) is 0 Å². The van der Waals surface area contributed by atoms with E-state index in [9.17, 15) is 14.4 Å². The van der Waals surface area contributed by atoms with Crippen molar-refractivity contribution in [2.45, 2.75) is 309 Å². The molecule has 6 heteroatoms. The number of ether oxygens (including phenoxy) is 3. The molecule has 0 N–H and O–H groups in total. The first-order chi connectivity index (χ1) is 39.0. The average Bonchev–Trinajstić information content (AvgIpc) is 3.45. The minimum Gasteiger partial charge on any atom is -0.462 e. The van der Waals surface area contributed by atoms with Gasteiger partial charge in [0.05, 0.1) is 0 Å². The molecule has 0 rings (SSSR count). The quantitative estimate of drug-likeness (QED) is 0.0261. The van der Waals surface area contributed by atoms with Gasteiger partial charge in [0, 0.05) is 19.3 Å². The van der Waals surface area contributed by atoms with Gasteiger partial charge in [0.1, 0.15) is 13.2 Å². The molecule has 0 aromatic rings. The van der Waals surface area contributed by atoms with E-state index in [1.54, 1.807) is 0 Å². The van der Waals surface area contributed by atoms with Crippen molar-refractivity contribution in [1.29, 1.82) is 0 Å². The largest absolute Gasteiger partial charge is 0.462 e. The molecule has 0 aromatic heterocycles. The van der Waals surface area contributed by atoms with Gasteiger partial charge in [-0.25, -0.2) is 0 Å². The van der Waals surface area contributed by atoms with Crippen LogP contribution in [0.1, 0.15) is 303 Å². The van der Waals surface area contributed by atoms with E-state index in [0.29, 0.717) is 19.3 Å². The highest BCUT2D eigenvalue weighted by molar-refractivity contribution is 5.71. The van der Waals surface area contributed by atoms with E-state index >= 15 is 0 Å². The lowest BCUT2D eigenvalue weighted by Gasteiger charge is -2.18. The van der Waals surface area contributed by atoms with Crippen molar-refractivity contribution in [2.75, 3.05) is 13.2 Å². The van der Waals surface area contributed by atoms with Gasteiger partial charge in [-0.05, 0) is 103 Å². The number of rotatable bonds is 59. The number of hydrogen-bond donors (Lipinski definition) is 0. The molecule has 0 aliphatic carbocycles. The summed E-state index contributed by atoms with van der Waals surface area (Å²) >= 11 is 0. The lowest BCUT2D eigenvalue weighted by atomic mass is 10.0. The summed E-state index contributed by atoms with van der Waals surface area (Å²) in [6, 6.07) is 0. The first-order valence-corrected chi connectivity index (χ1v) is 33.0. The van der Waals surface area contributed by atoms with Gasteiger partial charge < -0.3 is 14.2 Å². The van der Waals surface area contributed by atoms with E-state index in [1.807, 2.05) is 0 Å². The van der Waals surface area contributed by atoms with Crippen molar-refractivity contribution in [3.8, 4) is 0 Å². The maximum atomic E-state index is 12.8. The smallest absolute Gasteiger partial charge is 0.306 e. The molecule has 1 unspecified atom stereocenters. The Morgan fingerprint density at radius 3 is 0.810 bits per heavy atom.